The molecule has 0 N–H and O–H groups in total. The van der Waals surface area contributed by atoms with Gasteiger partial charge in [-0.2, -0.15) is 0 Å². The number of methoxy groups -OCH3 is 1. The minimum Gasteiger partial charge on any atom is -0.465 e. The van der Waals surface area contributed by atoms with E-state index in [1.165, 1.54) is 29.8 Å². The zero-order valence-electron chi connectivity index (χ0n) is 12.8. The fourth-order valence-electron chi connectivity index (χ4n) is 2.19. The summed E-state index contributed by atoms with van der Waals surface area (Å²) in [4.78, 5) is 30.0. The van der Waals surface area contributed by atoms with Crippen molar-refractivity contribution in [2.75, 3.05) is 12.0 Å². The third-order valence-corrected chi connectivity index (χ3v) is 4.62. The number of carbonyl (C=O) groups is 2. The van der Waals surface area contributed by atoms with Crippen molar-refractivity contribution in [3.05, 3.63) is 52.6 Å². The first kappa shape index (κ1) is 16.4. The molecule has 0 aromatic carbocycles. The zero-order valence-corrected chi connectivity index (χ0v) is 14.4. The molecule has 0 bridgehead atoms. The Balaban J connectivity index is 1.91. The number of thiocarbonyl (C=S) groups is 1. The molecule has 2 aromatic rings. The summed E-state index contributed by atoms with van der Waals surface area (Å²) in [5.74, 6) is 0.0703. The van der Waals surface area contributed by atoms with Crippen LogP contribution in [0.3, 0.4) is 0 Å². The van der Waals surface area contributed by atoms with Crippen molar-refractivity contribution in [1.82, 2.24) is 4.98 Å². The largest absolute Gasteiger partial charge is 0.465 e. The average molecular weight is 360 g/mol. The summed E-state index contributed by atoms with van der Waals surface area (Å²) in [7, 11) is 1.30. The molecule has 24 heavy (non-hydrogen) atoms. The van der Waals surface area contributed by atoms with E-state index < -0.39 is 5.97 Å². The lowest BCUT2D eigenvalue weighted by Gasteiger charge is -2.13. The molecule has 3 rings (SSSR count). The van der Waals surface area contributed by atoms with Gasteiger partial charge in [-0.3, -0.25) is 14.7 Å². The molecule has 1 amide bonds. The Kier molecular flexibility index (Phi) is 4.50. The van der Waals surface area contributed by atoms with Crippen molar-refractivity contribution in [2.24, 2.45) is 0 Å². The van der Waals surface area contributed by atoms with Crippen LogP contribution >= 0.6 is 24.0 Å². The fourth-order valence-corrected chi connectivity index (χ4v) is 3.47. The number of nitrogens with zero attached hydrogens (tertiary/aromatic N) is 2. The van der Waals surface area contributed by atoms with Gasteiger partial charge in [-0.15, -0.1) is 0 Å². The highest BCUT2D eigenvalue weighted by molar-refractivity contribution is 8.27. The Labute approximate surface area is 147 Å². The van der Waals surface area contributed by atoms with Gasteiger partial charge in [-0.25, -0.2) is 4.79 Å². The standard InChI is InChI=1S/C16H12N2O4S2/c1-9-12(15(20)21-2)6-11(22-9)7-13-14(19)18(16(23)24-13)10-4-3-5-17-8-10/h3-8H,1-2H3/b13-7-. The van der Waals surface area contributed by atoms with Gasteiger partial charge < -0.3 is 9.15 Å². The van der Waals surface area contributed by atoms with Crippen LogP contribution in [0, 0.1) is 6.92 Å². The summed E-state index contributed by atoms with van der Waals surface area (Å²) in [6.45, 7) is 1.66. The van der Waals surface area contributed by atoms with Gasteiger partial charge in [0.25, 0.3) is 5.91 Å². The fraction of sp³-hybridized carbons (Fsp3) is 0.125. The second-order valence-corrected chi connectivity index (χ2v) is 6.51. The summed E-state index contributed by atoms with van der Waals surface area (Å²) in [5, 5.41) is 0. The lowest BCUT2D eigenvalue weighted by molar-refractivity contribution is -0.113. The summed E-state index contributed by atoms with van der Waals surface area (Å²) in [6.07, 6.45) is 4.76. The van der Waals surface area contributed by atoms with Gasteiger partial charge in [0.1, 0.15) is 17.1 Å². The lowest BCUT2D eigenvalue weighted by Crippen LogP contribution is -2.27. The number of hydrogen-bond donors (Lipinski definition) is 0. The predicted molar refractivity (Wildman–Crippen MR) is 94.7 cm³/mol. The molecule has 8 heteroatoms. The van der Waals surface area contributed by atoms with Crippen LogP contribution in [-0.4, -0.2) is 28.3 Å². The van der Waals surface area contributed by atoms with Crippen molar-refractivity contribution in [3.63, 3.8) is 0 Å². The second kappa shape index (κ2) is 6.58. The summed E-state index contributed by atoms with van der Waals surface area (Å²) in [6, 6.07) is 5.03. The predicted octanol–water partition coefficient (Wildman–Crippen LogP) is 3.18. The SMILES string of the molecule is COC(=O)c1cc(/C=C2\SC(=S)N(c3cccnc3)C2=O)oc1C. The molecule has 1 fully saturated rings. The van der Waals surface area contributed by atoms with Crippen LogP contribution in [-0.2, 0) is 9.53 Å². The van der Waals surface area contributed by atoms with Gasteiger partial charge in [0.2, 0.25) is 0 Å². The molecule has 0 saturated carbocycles. The van der Waals surface area contributed by atoms with Crippen LogP contribution in [0.15, 0.2) is 39.9 Å². The van der Waals surface area contributed by atoms with Crippen LogP contribution in [0.1, 0.15) is 21.9 Å². The topological polar surface area (TPSA) is 72.6 Å². The minimum atomic E-state index is -0.487. The number of aromatic nitrogens is 1. The number of anilines is 1. The number of furan rings is 1. The second-order valence-electron chi connectivity index (χ2n) is 4.84. The van der Waals surface area contributed by atoms with Crippen molar-refractivity contribution in [1.29, 1.82) is 0 Å². The quantitative estimate of drug-likeness (QED) is 0.473. The smallest absolute Gasteiger partial charge is 0.341 e. The maximum atomic E-state index is 12.6. The van der Waals surface area contributed by atoms with Gasteiger partial charge in [-0.1, -0.05) is 24.0 Å². The third-order valence-electron chi connectivity index (χ3n) is 3.31. The maximum absolute atomic E-state index is 12.6. The number of esters is 1. The minimum absolute atomic E-state index is 0.258. The lowest BCUT2D eigenvalue weighted by atomic mass is 10.2. The Morgan fingerprint density at radius 3 is 2.96 bits per heavy atom. The van der Waals surface area contributed by atoms with E-state index in [9.17, 15) is 9.59 Å². The van der Waals surface area contributed by atoms with Crippen molar-refractivity contribution < 1.29 is 18.7 Å². The third kappa shape index (κ3) is 2.98. The number of pyridine rings is 1. The van der Waals surface area contributed by atoms with Crippen molar-refractivity contribution in [3.8, 4) is 0 Å². The van der Waals surface area contributed by atoms with Gasteiger partial charge in [-0.05, 0) is 25.1 Å². The molecule has 0 atom stereocenters. The van der Waals surface area contributed by atoms with E-state index in [2.05, 4.69) is 9.72 Å². The molecule has 122 valence electrons. The van der Waals surface area contributed by atoms with E-state index in [-0.39, 0.29) is 5.91 Å². The number of rotatable bonds is 3. The molecular weight excluding hydrogens is 348 g/mol. The van der Waals surface area contributed by atoms with Crippen molar-refractivity contribution >= 4 is 51.9 Å². The Bertz CT molecular complexity index is 858. The van der Waals surface area contributed by atoms with Crippen LogP contribution in [0.4, 0.5) is 5.69 Å². The van der Waals surface area contributed by atoms with Gasteiger partial charge in [0, 0.05) is 12.3 Å². The van der Waals surface area contributed by atoms with Gasteiger partial charge >= 0.3 is 5.97 Å². The number of thioether (sulfide) groups is 1. The summed E-state index contributed by atoms with van der Waals surface area (Å²) in [5.41, 5.74) is 0.931. The molecule has 1 saturated heterocycles. The monoisotopic (exact) mass is 360 g/mol. The van der Waals surface area contributed by atoms with Crippen LogP contribution in [0.2, 0.25) is 0 Å². The molecule has 0 spiro atoms. The number of aryl methyl sites for hydroxylation is 1. The first-order valence-electron chi connectivity index (χ1n) is 6.88. The van der Waals surface area contributed by atoms with E-state index in [1.807, 2.05) is 0 Å². The maximum Gasteiger partial charge on any atom is 0.341 e. The molecule has 3 heterocycles. The number of carbonyl (C=O) groups excluding carboxylic acids is 2. The highest BCUT2D eigenvalue weighted by atomic mass is 32.2. The normalized spacial score (nSPS) is 16.1. The molecule has 0 radical (unpaired) electrons. The molecule has 1 aliphatic rings. The number of amides is 1. The molecular formula is C16H12N2O4S2. The Hall–Kier alpha value is -2.45. The molecule has 2 aromatic heterocycles. The van der Waals surface area contributed by atoms with Crippen molar-refractivity contribution in [2.45, 2.75) is 6.92 Å². The number of ether oxygens (including phenoxy) is 1. The van der Waals surface area contributed by atoms with Gasteiger partial charge in [0.15, 0.2) is 4.32 Å². The van der Waals surface area contributed by atoms with Gasteiger partial charge in [0.05, 0.1) is 23.9 Å². The average Bonchev–Trinajstić information content (AvgIpc) is 3.07. The summed E-state index contributed by atoms with van der Waals surface area (Å²) >= 11 is 6.44. The van der Waals surface area contributed by atoms with Crippen LogP contribution < -0.4 is 4.90 Å². The van der Waals surface area contributed by atoms with Crippen LogP contribution in [0.25, 0.3) is 6.08 Å². The zero-order chi connectivity index (χ0) is 17.3. The van der Waals surface area contributed by atoms with Crippen LogP contribution in [0.5, 0.6) is 0 Å². The van der Waals surface area contributed by atoms with E-state index in [0.29, 0.717) is 32.0 Å². The van der Waals surface area contributed by atoms with E-state index in [0.717, 1.165) is 0 Å². The van der Waals surface area contributed by atoms with E-state index >= 15 is 0 Å². The molecule has 1 aliphatic heterocycles. The Morgan fingerprint density at radius 1 is 1.50 bits per heavy atom. The highest BCUT2D eigenvalue weighted by Gasteiger charge is 2.33. The Morgan fingerprint density at radius 2 is 2.29 bits per heavy atom. The molecule has 0 aliphatic carbocycles. The first-order valence-corrected chi connectivity index (χ1v) is 8.10. The summed E-state index contributed by atoms with van der Waals surface area (Å²) < 4.78 is 10.6. The first-order chi connectivity index (χ1) is 11.5. The number of hydrogen-bond acceptors (Lipinski definition) is 7. The molecule has 6 nitrogen and oxygen atoms in total. The molecule has 0 unspecified atom stereocenters. The van der Waals surface area contributed by atoms with E-state index in [4.69, 9.17) is 16.6 Å². The van der Waals surface area contributed by atoms with E-state index in [1.54, 1.807) is 37.5 Å². The highest BCUT2D eigenvalue weighted by Crippen LogP contribution is 2.36.